The Morgan fingerprint density at radius 3 is 3.06 bits per heavy atom. The van der Waals surface area contributed by atoms with Gasteiger partial charge in [-0.15, -0.1) is 0 Å². The SMILES string of the molecule is COc1ccc2c(c1)=COCC=2CNC(C)=O. The lowest BCUT2D eigenvalue weighted by Crippen LogP contribution is -2.36. The monoisotopic (exact) mass is 233 g/mol. The summed E-state index contributed by atoms with van der Waals surface area (Å²) in [6.07, 6.45) is 1.72. The molecule has 0 radical (unpaired) electrons. The molecule has 2 rings (SSSR count). The number of hydrogen-bond acceptors (Lipinski definition) is 3. The fraction of sp³-hybridized carbons (Fsp3) is 0.308. The summed E-state index contributed by atoms with van der Waals surface area (Å²) in [7, 11) is 1.63. The molecule has 1 aliphatic heterocycles. The number of benzene rings is 1. The molecule has 1 aromatic carbocycles. The summed E-state index contributed by atoms with van der Waals surface area (Å²) in [6.45, 7) is 2.54. The number of amides is 1. The summed E-state index contributed by atoms with van der Waals surface area (Å²) in [5.74, 6) is 0.756. The highest BCUT2D eigenvalue weighted by atomic mass is 16.5. The van der Waals surface area contributed by atoms with Crippen LogP contribution >= 0.6 is 0 Å². The molecule has 17 heavy (non-hydrogen) atoms. The number of carbonyl (C=O) groups is 1. The van der Waals surface area contributed by atoms with Crippen molar-refractivity contribution in [2.24, 2.45) is 0 Å². The van der Waals surface area contributed by atoms with Crippen molar-refractivity contribution in [2.45, 2.75) is 6.92 Å². The average Bonchev–Trinajstić information content (AvgIpc) is 2.35. The quantitative estimate of drug-likeness (QED) is 0.783. The molecule has 1 heterocycles. The summed E-state index contributed by atoms with van der Waals surface area (Å²) >= 11 is 0. The van der Waals surface area contributed by atoms with Crippen LogP contribution in [0.1, 0.15) is 6.92 Å². The zero-order chi connectivity index (χ0) is 12.3. The van der Waals surface area contributed by atoms with Gasteiger partial charge in [0.15, 0.2) is 0 Å². The number of hydrogen-bond donors (Lipinski definition) is 1. The van der Waals surface area contributed by atoms with Gasteiger partial charge >= 0.3 is 0 Å². The largest absolute Gasteiger partial charge is 0.497 e. The maximum atomic E-state index is 10.9. The predicted molar refractivity (Wildman–Crippen MR) is 64.8 cm³/mol. The third kappa shape index (κ3) is 2.58. The van der Waals surface area contributed by atoms with Gasteiger partial charge in [0.25, 0.3) is 0 Å². The van der Waals surface area contributed by atoms with Crippen LogP contribution in [0.25, 0.3) is 11.8 Å². The lowest BCUT2D eigenvalue weighted by molar-refractivity contribution is -0.118. The van der Waals surface area contributed by atoms with Gasteiger partial charge in [0.1, 0.15) is 12.4 Å². The van der Waals surface area contributed by atoms with Crippen LogP contribution < -0.4 is 20.5 Å². The average molecular weight is 233 g/mol. The van der Waals surface area contributed by atoms with Gasteiger partial charge in [0.2, 0.25) is 5.91 Å². The molecule has 0 aliphatic carbocycles. The van der Waals surface area contributed by atoms with Crippen molar-refractivity contribution in [2.75, 3.05) is 20.3 Å². The number of nitrogens with one attached hydrogen (secondary N) is 1. The molecule has 0 aromatic heterocycles. The van der Waals surface area contributed by atoms with E-state index in [1.165, 1.54) is 6.92 Å². The molecule has 1 N–H and O–H groups in total. The van der Waals surface area contributed by atoms with E-state index in [1.54, 1.807) is 13.4 Å². The maximum Gasteiger partial charge on any atom is 0.217 e. The topological polar surface area (TPSA) is 47.6 Å². The Morgan fingerprint density at radius 2 is 2.35 bits per heavy atom. The molecule has 0 saturated carbocycles. The van der Waals surface area contributed by atoms with Gasteiger partial charge in [-0.25, -0.2) is 0 Å². The Hall–Kier alpha value is -1.97. The van der Waals surface area contributed by atoms with Crippen molar-refractivity contribution in [1.82, 2.24) is 5.32 Å². The van der Waals surface area contributed by atoms with Crippen LogP contribution in [0.2, 0.25) is 0 Å². The van der Waals surface area contributed by atoms with Crippen molar-refractivity contribution in [3.8, 4) is 5.75 Å². The van der Waals surface area contributed by atoms with Crippen molar-refractivity contribution in [3.63, 3.8) is 0 Å². The Bertz CT molecular complexity index is 548. The summed E-state index contributed by atoms with van der Waals surface area (Å²) in [6, 6.07) is 5.82. The number of ether oxygens (including phenoxy) is 2. The first-order chi connectivity index (χ1) is 8.20. The van der Waals surface area contributed by atoms with Crippen molar-refractivity contribution in [3.05, 3.63) is 28.6 Å². The second kappa shape index (κ2) is 4.91. The van der Waals surface area contributed by atoms with E-state index < -0.39 is 0 Å². The fourth-order valence-electron chi connectivity index (χ4n) is 1.77. The summed E-state index contributed by atoms with van der Waals surface area (Å²) < 4.78 is 10.5. The third-order valence-corrected chi connectivity index (χ3v) is 2.66. The second-order valence-corrected chi connectivity index (χ2v) is 3.90. The number of fused-ring (bicyclic) bond motifs is 1. The Labute approximate surface area is 99.5 Å². The molecular weight excluding hydrogens is 218 g/mol. The van der Waals surface area contributed by atoms with Gasteiger partial charge in [0, 0.05) is 18.7 Å². The van der Waals surface area contributed by atoms with Crippen LogP contribution in [-0.2, 0) is 9.53 Å². The summed E-state index contributed by atoms with van der Waals surface area (Å²) in [5.41, 5.74) is 1.07. The van der Waals surface area contributed by atoms with Gasteiger partial charge in [0.05, 0.1) is 13.4 Å². The lowest BCUT2D eigenvalue weighted by Gasteiger charge is -2.13. The molecule has 0 unspecified atom stereocenters. The molecule has 4 nitrogen and oxygen atoms in total. The Morgan fingerprint density at radius 1 is 1.53 bits per heavy atom. The molecule has 1 aliphatic rings. The highest BCUT2D eigenvalue weighted by molar-refractivity contribution is 5.74. The second-order valence-electron chi connectivity index (χ2n) is 3.90. The normalized spacial score (nSPS) is 13.2. The smallest absolute Gasteiger partial charge is 0.217 e. The molecule has 0 fully saturated rings. The molecule has 4 heteroatoms. The molecule has 0 spiro atoms. The van der Waals surface area contributed by atoms with Crippen LogP contribution in [0.5, 0.6) is 5.75 Å². The van der Waals surface area contributed by atoms with E-state index in [1.807, 2.05) is 18.2 Å². The maximum absolute atomic E-state index is 10.9. The number of methoxy groups -OCH3 is 1. The molecule has 0 saturated heterocycles. The van der Waals surface area contributed by atoms with E-state index >= 15 is 0 Å². The molecule has 0 atom stereocenters. The van der Waals surface area contributed by atoms with Gasteiger partial charge in [-0.3, -0.25) is 4.79 Å². The first-order valence-corrected chi connectivity index (χ1v) is 5.43. The van der Waals surface area contributed by atoms with E-state index in [-0.39, 0.29) is 5.91 Å². The highest BCUT2D eigenvalue weighted by Gasteiger charge is 2.06. The first kappa shape index (κ1) is 11.5. The molecule has 90 valence electrons. The fourth-order valence-corrected chi connectivity index (χ4v) is 1.77. The first-order valence-electron chi connectivity index (χ1n) is 5.43. The molecule has 1 amide bonds. The van der Waals surface area contributed by atoms with Crippen molar-refractivity contribution in [1.29, 1.82) is 0 Å². The minimum Gasteiger partial charge on any atom is -0.497 e. The van der Waals surface area contributed by atoms with Crippen molar-refractivity contribution >= 4 is 17.7 Å². The van der Waals surface area contributed by atoms with Gasteiger partial charge in [-0.2, -0.15) is 0 Å². The van der Waals surface area contributed by atoms with Gasteiger partial charge in [-0.05, 0) is 22.9 Å². The zero-order valence-corrected chi connectivity index (χ0v) is 9.95. The minimum atomic E-state index is -0.0397. The van der Waals surface area contributed by atoms with Gasteiger partial charge in [-0.1, -0.05) is 6.07 Å². The number of rotatable bonds is 3. The van der Waals surface area contributed by atoms with E-state index in [2.05, 4.69) is 5.32 Å². The highest BCUT2D eigenvalue weighted by Crippen LogP contribution is 2.04. The summed E-state index contributed by atoms with van der Waals surface area (Å²) in [4.78, 5) is 10.9. The van der Waals surface area contributed by atoms with Crippen LogP contribution in [0.4, 0.5) is 0 Å². The lowest BCUT2D eigenvalue weighted by atomic mass is 10.1. The van der Waals surface area contributed by atoms with Gasteiger partial charge < -0.3 is 14.8 Å². The molecular formula is C13H15NO3. The predicted octanol–water partition coefficient (Wildman–Crippen LogP) is -0.250. The Balaban J connectivity index is 2.41. The van der Waals surface area contributed by atoms with Crippen LogP contribution in [0.15, 0.2) is 18.2 Å². The minimum absolute atomic E-state index is 0.0397. The van der Waals surface area contributed by atoms with Crippen LogP contribution in [-0.4, -0.2) is 26.2 Å². The van der Waals surface area contributed by atoms with E-state index in [0.29, 0.717) is 13.2 Å². The zero-order valence-electron chi connectivity index (χ0n) is 9.95. The van der Waals surface area contributed by atoms with Crippen LogP contribution in [0, 0.1) is 0 Å². The van der Waals surface area contributed by atoms with Crippen molar-refractivity contribution < 1.29 is 14.3 Å². The molecule has 0 bridgehead atoms. The van der Waals surface area contributed by atoms with E-state index in [9.17, 15) is 4.79 Å². The third-order valence-electron chi connectivity index (χ3n) is 2.66. The van der Waals surface area contributed by atoms with E-state index in [0.717, 1.165) is 21.8 Å². The van der Waals surface area contributed by atoms with E-state index in [4.69, 9.17) is 9.47 Å². The standard InChI is InChI=1S/C13H15NO3/c1-9(15)14-6-11-8-17-7-10-5-12(16-2)3-4-13(10)11/h3-5,7H,6,8H2,1-2H3,(H,14,15). The summed E-state index contributed by atoms with van der Waals surface area (Å²) in [5, 5.41) is 4.87. The van der Waals surface area contributed by atoms with Crippen LogP contribution in [0.3, 0.4) is 0 Å². The molecule has 1 aromatic rings. The Kier molecular flexibility index (Phi) is 3.32. The number of carbonyl (C=O) groups excluding carboxylic acids is 1.